The molecule has 2 atom stereocenters. The molecule has 0 saturated heterocycles. The van der Waals surface area contributed by atoms with E-state index in [-0.39, 0.29) is 5.82 Å². The first-order chi connectivity index (χ1) is 8.90. The van der Waals surface area contributed by atoms with E-state index >= 15 is 0 Å². The smallest absolute Gasteiger partial charge is 0.123 e. The van der Waals surface area contributed by atoms with Gasteiger partial charge in [-0.1, -0.05) is 26.0 Å². The number of hydrogen-bond acceptors (Lipinski definition) is 3. The number of benzene rings is 1. The number of nitrogens with zero attached hydrogens (tertiary/aromatic N) is 1. The highest BCUT2D eigenvalue weighted by Gasteiger charge is 2.16. The van der Waals surface area contributed by atoms with Crippen LogP contribution in [0.25, 0.3) is 0 Å². The van der Waals surface area contributed by atoms with Gasteiger partial charge in [0.2, 0.25) is 0 Å². The summed E-state index contributed by atoms with van der Waals surface area (Å²) in [6, 6.07) is 6.32. The minimum atomic E-state index is -0.607. The molecule has 0 fully saturated rings. The fourth-order valence-electron chi connectivity index (χ4n) is 1.97. The van der Waals surface area contributed by atoms with E-state index in [0.717, 1.165) is 12.1 Å². The Hall–Kier alpha value is -0.970. The van der Waals surface area contributed by atoms with Crippen molar-refractivity contribution in [3.63, 3.8) is 0 Å². The summed E-state index contributed by atoms with van der Waals surface area (Å²) in [7, 11) is 4.07. The van der Waals surface area contributed by atoms with Crippen molar-refractivity contribution in [2.24, 2.45) is 5.92 Å². The average Bonchev–Trinajstić information content (AvgIpc) is 2.34. The first-order valence-electron chi connectivity index (χ1n) is 6.71. The number of hydrogen-bond donors (Lipinski definition) is 2. The molecule has 0 radical (unpaired) electrons. The zero-order valence-corrected chi connectivity index (χ0v) is 12.2. The summed E-state index contributed by atoms with van der Waals surface area (Å²) in [5, 5.41) is 13.5. The molecule has 0 spiro atoms. The minimum absolute atomic E-state index is 0.281. The fraction of sp³-hybridized carbons (Fsp3) is 0.600. The molecular weight excluding hydrogens is 243 g/mol. The molecule has 0 amide bonds. The fourth-order valence-corrected chi connectivity index (χ4v) is 1.97. The van der Waals surface area contributed by atoms with Gasteiger partial charge < -0.3 is 15.3 Å². The summed E-state index contributed by atoms with van der Waals surface area (Å²) in [6.07, 6.45) is -0.607. The van der Waals surface area contributed by atoms with Crippen molar-refractivity contribution in [1.29, 1.82) is 0 Å². The van der Waals surface area contributed by atoms with E-state index in [9.17, 15) is 9.50 Å². The number of nitrogens with one attached hydrogen (secondary N) is 1. The molecule has 1 aromatic carbocycles. The van der Waals surface area contributed by atoms with E-state index in [1.807, 2.05) is 14.1 Å². The molecular formula is C15H25FN2O. The first kappa shape index (κ1) is 16.1. The van der Waals surface area contributed by atoms with E-state index in [1.165, 1.54) is 12.1 Å². The molecule has 0 aliphatic rings. The quantitative estimate of drug-likeness (QED) is 0.794. The van der Waals surface area contributed by atoms with Crippen molar-refractivity contribution in [1.82, 2.24) is 10.2 Å². The lowest BCUT2D eigenvalue weighted by atomic mass is 10.0. The van der Waals surface area contributed by atoms with Gasteiger partial charge in [0.15, 0.2) is 0 Å². The molecule has 19 heavy (non-hydrogen) atoms. The van der Waals surface area contributed by atoms with Crippen molar-refractivity contribution in [3.8, 4) is 0 Å². The second-order valence-corrected chi connectivity index (χ2v) is 5.59. The lowest BCUT2D eigenvalue weighted by molar-refractivity contribution is 0.160. The second kappa shape index (κ2) is 7.58. The average molecular weight is 268 g/mol. The Kier molecular flexibility index (Phi) is 6.42. The number of aliphatic hydroxyl groups is 1. The van der Waals surface area contributed by atoms with Crippen LogP contribution in [0, 0.1) is 11.7 Å². The minimum Gasteiger partial charge on any atom is -0.387 e. The summed E-state index contributed by atoms with van der Waals surface area (Å²) in [5.41, 5.74) is 0.737. The molecule has 2 N–H and O–H groups in total. The Morgan fingerprint density at radius 1 is 1.21 bits per heavy atom. The highest BCUT2D eigenvalue weighted by atomic mass is 19.1. The van der Waals surface area contributed by atoms with Gasteiger partial charge in [-0.25, -0.2) is 4.39 Å². The summed E-state index contributed by atoms with van der Waals surface area (Å²) in [6.45, 7) is 5.72. The van der Waals surface area contributed by atoms with Crippen LogP contribution in [0.3, 0.4) is 0 Å². The molecule has 0 bridgehead atoms. The van der Waals surface area contributed by atoms with Gasteiger partial charge in [0, 0.05) is 19.1 Å². The van der Waals surface area contributed by atoms with Crippen LogP contribution in [0.5, 0.6) is 0 Å². The predicted molar refractivity (Wildman–Crippen MR) is 76.5 cm³/mol. The summed E-state index contributed by atoms with van der Waals surface area (Å²) in [4.78, 5) is 2.13. The first-order valence-corrected chi connectivity index (χ1v) is 6.71. The van der Waals surface area contributed by atoms with Crippen molar-refractivity contribution in [2.75, 3.05) is 27.2 Å². The Morgan fingerprint density at radius 3 is 2.26 bits per heavy atom. The maximum atomic E-state index is 12.8. The van der Waals surface area contributed by atoms with E-state index in [0.29, 0.717) is 18.5 Å². The van der Waals surface area contributed by atoms with Crippen molar-refractivity contribution < 1.29 is 9.50 Å². The third-order valence-corrected chi connectivity index (χ3v) is 3.19. The van der Waals surface area contributed by atoms with Crippen LogP contribution in [-0.2, 0) is 0 Å². The van der Waals surface area contributed by atoms with Crippen LogP contribution in [-0.4, -0.2) is 43.2 Å². The number of aliphatic hydroxyl groups excluding tert-OH is 1. The molecule has 0 aliphatic carbocycles. The third kappa shape index (κ3) is 5.68. The Morgan fingerprint density at radius 2 is 1.79 bits per heavy atom. The maximum absolute atomic E-state index is 12.8. The molecule has 3 nitrogen and oxygen atoms in total. The van der Waals surface area contributed by atoms with Gasteiger partial charge in [-0.2, -0.15) is 0 Å². The molecule has 0 aliphatic heterocycles. The lowest BCUT2D eigenvalue weighted by Crippen LogP contribution is -2.43. The zero-order chi connectivity index (χ0) is 14.4. The predicted octanol–water partition coefficient (Wildman–Crippen LogP) is 2.03. The zero-order valence-electron chi connectivity index (χ0n) is 12.2. The van der Waals surface area contributed by atoms with Gasteiger partial charge in [0.1, 0.15) is 5.82 Å². The Balaban J connectivity index is 2.51. The summed E-state index contributed by atoms with van der Waals surface area (Å²) < 4.78 is 12.8. The van der Waals surface area contributed by atoms with Crippen LogP contribution in [0.15, 0.2) is 24.3 Å². The van der Waals surface area contributed by atoms with Gasteiger partial charge in [0.05, 0.1) is 6.10 Å². The Labute approximate surface area is 115 Å². The number of likely N-dealkylation sites (N-methyl/N-ethyl adjacent to an activating group) is 1. The van der Waals surface area contributed by atoms with Gasteiger partial charge in [-0.15, -0.1) is 0 Å². The van der Waals surface area contributed by atoms with E-state index < -0.39 is 6.10 Å². The molecule has 0 saturated carbocycles. The van der Waals surface area contributed by atoms with Crippen LogP contribution in [0.1, 0.15) is 25.5 Å². The summed E-state index contributed by atoms with van der Waals surface area (Å²) >= 11 is 0. The monoisotopic (exact) mass is 268 g/mol. The molecule has 108 valence electrons. The highest BCUT2D eigenvalue weighted by molar-refractivity contribution is 5.18. The molecule has 0 heterocycles. The summed E-state index contributed by atoms with van der Waals surface area (Å²) in [5.74, 6) is 0.208. The van der Waals surface area contributed by atoms with Crippen LogP contribution in [0.2, 0.25) is 0 Å². The molecule has 1 aromatic rings. The van der Waals surface area contributed by atoms with E-state index in [4.69, 9.17) is 0 Å². The molecule has 2 unspecified atom stereocenters. The molecule has 1 rings (SSSR count). The number of halogens is 1. The van der Waals surface area contributed by atoms with Gasteiger partial charge in [-0.05, 0) is 37.7 Å². The largest absolute Gasteiger partial charge is 0.387 e. The van der Waals surface area contributed by atoms with Crippen LogP contribution >= 0.6 is 0 Å². The highest BCUT2D eigenvalue weighted by Crippen LogP contribution is 2.13. The lowest BCUT2D eigenvalue weighted by Gasteiger charge is -2.27. The SMILES string of the molecule is CC(C)C(CN(C)C)NCC(O)c1ccc(F)cc1. The van der Waals surface area contributed by atoms with Gasteiger partial charge >= 0.3 is 0 Å². The van der Waals surface area contributed by atoms with E-state index in [1.54, 1.807) is 12.1 Å². The van der Waals surface area contributed by atoms with Crippen LogP contribution < -0.4 is 5.32 Å². The second-order valence-electron chi connectivity index (χ2n) is 5.59. The van der Waals surface area contributed by atoms with Crippen molar-refractivity contribution in [2.45, 2.75) is 26.0 Å². The van der Waals surface area contributed by atoms with Crippen LogP contribution in [0.4, 0.5) is 4.39 Å². The van der Waals surface area contributed by atoms with Gasteiger partial charge in [0.25, 0.3) is 0 Å². The topological polar surface area (TPSA) is 35.5 Å². The molecule has 4 heteroatoms. The van der Waals surface area contributed by atoms with Crippen molar-refractivity contribution in [3.05, 3.63) is 35.6 Å². The standard InChI is InChI=1S/C15H25FN2O/c1-11(2)14(10-18(3)4)17-9-15(19)12-5-7-13(16)8-6-12/h5-8,11,14-15,17,19H,9-10H2,1-4H3. The van der Waals surface area contributed by atoms with E-state index in [2.05, 4.69) is 24.1 Å². The normalized spacial score (nSPS) is 14.9. The maximum Gasteiger partial charge on any atom is 0.123 e. The third-order valence-electron chi connectivity index (χ3n) is 3.19. The Bertz CT molecular complexity index is 365. The van der Waals surface area contributed by atoms with Gasteiger partial charge in [-0.3, -0.25) is 0 Å². The van der Waals surface area contributed by atoms with Crippen molar-refractivity contribution >= 4 is 0 Å². The molecule has 0 aromatic heterocycles. The number of rotatable bonds is 7.